The van der Waals surface area contributed by atoms with Crippen LogP contribution in [0.2, 0.25) is 0 Å². The first-order valence-corrected chi connectivity index (χ1v) is 12.2. The standard InChI is InChI=1S/C30H31NO5/c1-3-4-20-36-25-16-10-22(11-17-25)27-26(28(32)23-12-14-24(35-2)15-13-23)29(33)30(34)31(27)19-18-21-8-6-5-7-9-21/h5-17,27,32H,3-4,18-20H2,1-2H3. The average Bonchev–Trinajstić information content (AvgIpc) is 3.17. The predicted molar refractivity (Wildman–Crippen MR) is 139 cm³/mol. The summed E-state index contributed by atoms with van der Waals surface area (Å²) >= 11 is 0. The van der Waals surface area contributed by atoms with Crippen molar-refractivity contribution in [3.63, 3.8) is 0 Å². The van der Waals surface area contributed by atoms with Crippen LogP contribution in [0.4, 0.5) is 0 Å². The van der Waals surface area contributed by atoms with Crippen molar-refractivity contribution < 1.29 is 24.2 Å². The lowest BCUT2D eigenvalue weighted by atomic mass is 9.95. The lowest BCUT2D eigenvalue weighted by molar-refractivity contribution is -0.139. The van der Waals surface area contributed by atoms with E-state index in [0.717, 1.165) is 29.7 Å². The van der Waals surface area contributed by atoms with Gasteiger partial charge in [0, 0.05) is 12.1 Å². The number of likely N-dealkylation sites (tertiary alicyclic amines) is 1. The van der Waals surface area contributed by atoms with E-state index < -0.39 is 17.7 Å². The lowest BCUT2D eigenvalue weighted by Crippen LogP contribution is -2.31. The van der Waals surface area contributed by atoms with E-state index >= 15 is 0 Å². The zero-order valence-electron chi connectivity index (χ0n) is 20.6. The maximum absolute atomic E-state index is 13.2. The minimum atomic E-state index is -0.708. The summed E-state index contributed by atoms with van der Waals surface area (Å²) in [4.78, 5) is 28.0. The number of aliphatic hydroxyl groups excluding tert-OH is 1. The Balaban J connectivity index is 1.71. The van der Waals surface area contributed by atoms with Gasteiger partial charge >= 0.3 is 0 Å². The van der Waals surface area contributed by atoms with Crippen LogP contribution in [0, 0.1) is 0 Å². The third-order valence-electron chi connectivity index (χ3n) is 6.35. The summed E-state index contributed by atoms with van der Waals surface area (Å²) in [5.41, 5.74) is 2.33. The van der Waals surface area contributed by atoms with E-state index in [1.54, 1.807) is 36.3 Å². The zero-order chi connectivity index (χ0) is 25.5. The van der Waals surface area contributed by atoms with Gasteiger partial charge in [-0.15, -0.1) is 0 Å². The number of rotatable bonds is 10. The molecule has 3 aromatic rings. The fourth-order valence-electron chi connectivity index (χ4n) is 4.34. The highest BCUT2D eigenvalue weighted by Crippen LogP contribution is 2.40. The number of carbonyl (C=O) groups is 2. The predicted octanol–water partition coefficient (Wildman–Crippen LogP) is 5.54. The van der Waals surface area contributed by atoms with Crippen LogP contribution in [0.3, 0.4) is 0 Å². The van der Waals surface area contributed by atoms with Crippen molar-refractivity contribution in [1.29, 1.82) is 0 Å². The summed E-state index contributed by atoms with van der Waals surface area (Å²) in [6, 6.07) is 23.3. The SMILES string of the molecule is CCCCOc1ccc(C2C(=C(O)c3ccc(OC)cc3)C(=O)C(=O)N2CCc2ccccc2)cc1. The number of unbranched alkanes of at least 4 members (excludes halogenated alkanes) is 1. The van der Waals surface area contributed by atoms with Crippen LogP contribution in [-0.4, -0.2) is 42.0 Å². The fourth-order valence-corrected chi connectivity index (χ4v) is 4.34. The van der Waals surface area contributed by atoms with Crippen molar-refractivity contribution in [3.8, 4) is 11.5 Å². The van der Waals surface area contributed by atoms with Gasteiger partial charge < -0.3 is 19.5 Å². The van der Waals surface area contributed by atoms with E-state index in [1.165, 1.54) is 0 Å². The van der Waals surface area contributed by atoms with Crippen molar-refractivity contribution in [3.05, 3.63) is 101 Å². The van der Waals surface area contributed by atoms with Crippen molar-refractivity contribution in [2.75, 3.05) is 20.3 Å². The molecule has 3 aromatic carbocycles. The molecule has 36 heavy (non-hydrogen) atoms. The molecular formula is C30H31NO5. The number of hydrogen-bond donors (Lipinski definition) is 1. The summed E-state index contributed by atoms with van der Waals surface area (Å²) in [5, 5.41) is 11.2. The molecule has 1 aliphatic rings. The van der Waals surface area contributed by atoms with Crippen LogP contribution >= 0.6 is 0 Å². The second-order valence-electron chi connectivity index (χ2n) is 8.73. The van der Waals surface area contributed by atoms with Crippen LogP contribution in [-0.2, 0) is 16.0 Å². The fraction of sp³-hybridized carbons (Fsp3) is 0.267. The van der Waals surface area contributed by atoms with Gasteiger partial charge in [-0.1, -0.05) is 55.8 Å². The van der Waals surface area contributed by atoms with Gasteiger partial charge in [0.05, 0.1) is 25.3 Å². The number of amides is 1. The molecule has 1 amide bonds. The molecule has 1 fully saturated rings. The zero-order valence-corrected chi connectivity index (χ0v) is 20.6. The molecular weight excluding hydrogens is 454 g/mol. The van der Waals surface area contributed by atoms with Crippen molar-refractivity contribution in [2.24, 2.45) is 0 Å². The van der Waals surface area contributed by atoms with Gasteiger partial charge in [0.25, 0.3) is 11.7 Å². The number of ketones is 1. The molecule has 1 aliphatic heterocycles. The molecule has 0 saturated carbocycles. The molecule has 0 spiro atoms. The molecule has 1 atom stereocenters. The second kappa shape index (κ2) is 11.6. The Labute approximate surface area is 211 Å². The number of carbonyl (C=O) groups excluding carboxylic acids is 2. The van der Waals surface area contributed by atoms with Crippen LogP contribution in [0.15, 0.2) is 84.4 Å². The van der Waals surface area contributed by atoms with Gasteiger partial charge in [-0.3, -0.25) is 9.59 Å². The van der Waals surface area contributed by atoms with E-state index in [1.807, 2.05) is 54.6 Å². The van der Waals surface area contributed by atoms with Crippen LogP contribution in [0.5, 0.6) is 11.5 Å². The van der Waals surface area contributed by atoms with Crippen molar-refractivity contribution in [2.45, 2.75) is 32.2 Å². The van der Waals surface area contributed by atoms with E-state index in [9.17, 15) is 14.7 Å². The van der Waals surface area contributed by atoms with Crippen LogP contribution < -0.4 is 9.47 Å². The average molecular weight is 486 g/mol. The maximum Gasteiger partial charge on any atom is 0.295 e. The number of hydrogen-bond acceptors (Lipinski definition) is 5. The largest absolute Gasteiger partial charge is 0.507 e. The molecule has 1 N–H and O–H groups in total. The summed E-state index contributed by atoms with van der Waals surface area (Å²) in [7, 11) is 1.56. The number of ether oxygens (including phenoxy) is 2. The summed E-state index contributed by atoms with van der Waals surface area (Å²) in [5.74, 6) is -0.154. The summed E-state index contributed by atoms with van der Waals surface area (Å²) < 4.78 is 11.0. The Morgan fingerprint density at radius 2 is 1.58 bits per heavy atom. The first-order chi connectivity index (χ1) is 17.5. The third-order valence-corrected chi connectivity index (χ3v) is 6.35. The monoisotopic (exact) mass is 485 g/mol. The van der Waals surface area contributed by atoms with Gasteiger partial charge in [0.2, 0.25) is 0 Å². The van der Waals surface area contributed by atoms with Gasteiger partial charge in [-0.05, 0) is 60.4 Å². The Kier molecular flexibility index (Phi) is 8.06. The maximum atomic E-state index is 13.2. The first-order valence-electron chi connectivity index (χ1n) is 12.2. The molecule has 1 unspecified atom stereocenters. The van der Waals surface area contributed by atoms with E-state index in [2.05, 4.69) is 6.92 Å². The van der Waals surface area contributed by atoms with Gasteiger partial charge in [0.15, 0.2) is 0 Å². The quantitative estimate of drug-likeness (QED) is 0.177. The highest BCUT2D eigenvalue weighted by Gasteiger charge is 2.45. The molecule has 0 aromatic heterocycles. The van der Waals surface area contributed by atoms with E-state index in [0.29, 0.717) is 30.9 Å². The number of aliphatic hydroxyl groups is 1. The van der Waals surface area contributed by atoms with Gasteiger partial charge in [-0.2, -0.15) is 0 Å². The Bertz CT molecular complexity index is 1220. The highest BCUT2D eigenvalue weighted by molar-refractivity contribution is 6.46. The Morgan fingerprint density at radius 1 is 0.917 bits per heavy atom. The number of nitrogens with zero attached hydrogens (tertiary/aromatic N) is 1. The molecule has 1 heterocycles. The minimum absolute atomic E-state index is 0.0814. The number of Topliss-reactive ketones (excluding diaryl/α,β-unsaturated/α-hetero) is 1. The summed E-state index contributed by atoms with van der Waals surface area (Å²) in [6.07, 6.45) is 2.59. The normalized spacial score (nSPS) is 16.8. The van der Waals surface area contributed by atoms with Crippen molar-refractivity contribution >= 4 is 17.4 Å². The molecule has 6 heteroatoms. The van der Waals surface area contributed by atoms with E-state index in [-0.39, 0.29) is 11.3 Å². The third kappa shape index (κ3) is 5.43. The Hall–Kier alpha value is -4.06. The molecule has 4 rings (SSSR count). The van der Waals surface area contributed by atoms with Crippen LogP contribution in [0.1, 0.15) is 42.5 Å². The summed E-state index contributed by atoms with van der Waals surface area (Å²) in [6.45, 7) is 3.07. The molecule has 0 radical (unpaired) electrons. The topological polar surface area (TPSA) is 76.1 Å². The first kappa shape index (κ1) is 25.0. The highest BCUT2D eigenvalue weighted by atomic mass is 16.5. The Morgan fingerprint density at radius 3 is 2.22 bits per heavy atom. The number of benzene rings is 3. The van der Waals surface area contributed by atoms with Gasteiger partial charge in [0.1, 0.15) is 17.3 Å². The van der Waals surface area contributed by atoms with Crippen molar-refractivity contribution in [1.82, 2.24) is 4.90 Å². The molecule has 1 saturated heterocycles. The molecule has 0 bridgehead atoms. The second-order valence-corrected chi connectivity index (χ2v) is 8.73. The molecule has 6 nitrogen and oxygen atoms in total. The van der Waals surface area contributed by atoms with E-state index in [4.69, 9.17) is 9.47 Å². The smallest absolute Gasteiger partial charge is 0.295 e. The van der Waals surface area contributed by atoms with Gasteiger partial charge in [-0.25, -0.2) is 0 Å². The molecule has 0 aliphatic carbocycles. The lowest BCUT2D eigenvalue weighted by Gasteiger charge is -2.25. The minimum Gasteiger partial charge on any atom is -0.507 e. The van der Waals surface area contributed by atoms with Crippen LogP contribution in [0.25, 0.3) is 5.76 Å². The molecule has 186 valence electrons. The number of methoxy groups -OCH3 is 1.